The number of hydrogen-bond acceptors (Lipinski definition) is 7. The lowest BCUT2D eigenvalue weighted by Gasteiger charge is -2.11. The summed E-state index contributed by atoms with van der Waals surface area (Å²) in [6.07, 6.45) is 8.53. The van der Waals surface area contributed by atoms with Crippen LogP contribution in [0.1, 0.15) is 18.4 Å². The molecule has 37 heavy (non-hydrogen) atoms. The predicted molar refractivity (Wildman–Crippen MR) is 142 cm³/mol. The fourth-order valence-electron chi connectivity index (χ4n) is 4.37. The van der Waals surface area contributed by atoms with Gasteiger partial charge in [0, 0.05) is 48.1 Å². The average molecular weight is 498 g/mol. The molecule has 0 aliphatic rings. The Morgan fingerprint density at radius 2 is 1.95 bits per heavy atom. The maximum Gasteiger partial charge on any atom is 0.434 e. The zero-order valence-electron chi connectivity index (χ0n) is 20.7. The molecule has 10 nitrogen and oxygen atoms in total. The lowest BCUT2D eigenvalue weighted by molar-refractivity contribution is -0.396. The highest BCUT2D eigenvalue weighted by molar-refractivity contribution is 5.95. The minimum absolute atomic E-state index is 0.119. The highest BCUT2D eigenvalue weighted by atomic mass is 16.6. The standard InChI is InChI=1S/C27H27N7O3/c1-19-17-20(9-10-23(19)28-12-5-6-15-33-16-14-30-27(33)34(35)36)37-26-29-13-11-24(31-26)22-18-32(2)25-8-4-3-7-21(22)25/h3-4,7-11,13-14,16-18,28H,5-6,12,15H2,1-2H3. The summed E-state index contributed by atoms with van der Waals surface area (Å²) in [4.78, 5) is 23.2. The van der Waals surface area contributed by atoms with Gasteiger partial charge in [-0.25, -0.2) is 9.55 Å². The van der Waals surface area contributed by atoms with Crippen molar-refractivity contribution in [3.63, 3.8) is 0 Å². The third kappa shape index (κ3) is 5.27. The van der Waals surface area contributed by atoms with Crippen LogP contribution in [-0.4, -0.2) is 35.6 Å². The van der Waals surface area contributed by atoms with Gasteiger partial charge in [0.2, 0.25) is 0 Å². The number of aromatic nitrogens is 5. The van der Waals surface area contributed by atoms with Crippen LogP contribution in [0.5, 0.6) is 11.8 Å². The van der Waals surface area contributed by atoms with Gasteiger partial charge in [-0.3, -0.25) is 0 Å². The molecule has 0 saturated carbocycles. The maximum absolute atomic E-state index is 11.0. The zero-order chi connectivity index (χ0) is 25.8. The Morgan fingerprint density at radius 1 is 1.08 bits per heavy atom. The lowest BCUT2D eigenvalue weighted by Crippen LogP contribution is -2.07. The molecule has 3 heterocycles. The van der Waals surface area contributed by atoms with Crippen molar-refractivity contribution in [1.29, 1.82) is 0 Å². The number of nitrogens with one attached hydrogen (secondary N) is 1. The third-order valence-corrected chi connectivity index (χ3v) is 6.21. The van der Waals surface area contributed by atoms with E-state index in [4.69, 9.17) is 4.74 Å². The topological polar surface area (TPSA) is 113 Å². The first kappa shape index (κ1) is 24.0. The molecule has 0 unspecified atom stereocenters. The van der Waals surface area contributed by atoms with E-state index < -0.39 is 4.92 Å². The van der Waals surface area contributed by atoms with Gasteiger partial charge in [-0.05, 0) is 60.6 Å². The molecule has 3 aromatic heterocycles. The van der Waals surface area contributed by atoms with Crippen molar-refractivity contribution < 1.29 is 9.66 Å². The van der Waals surface area contributed by atoms with Gasteiger partial charge in [0.25, 0.3) is 0 Å². The molecule has 0 amide bonds. The minimum atomic E-state index is -0.462. The van der Waals surface area contributed by atoms with Crippen molar-refractivity contribution in [1.82, 2.24) is 24.1 Å². The van der Waals surface area contributed by atoms with Crippen LogP contribution in [0.15, 0.2) is 73.3 Å². The lowest BCUT2D eigenvalue weighted by atomic mass is 10.1. The Hall–Kier alpha value is -4.73. The second-order valence-corrected chi connectivity index (χ2v) is 8.79. The van der Waals surface area contributed by atoms with Gasteiger partial charge in [-0.2, -0.15) is 4.98 Å². The Bertz CT molecular complexity index is 1560. The first-order valence-corrected chi connectivity index (χ1v) is 12.0. The fourth-order valence-corrected chi connectivity index (χ4v) is 4.37. The minimum Gasteiger partial charge on any atom is -0.424 e. The number of imidazole rings is 1. The number of benzene rings is 2. The summed E-state index contributed by atoms with van der Waals surface area (Å²) >= 11 is 0. The summed E-state index contributed by atoms with van der Waals surface area (Å²) in [5.41, 5.74) is 5.02. The number of unbranched alkanes of at least 4 members (excludes halogenated alkanes) is 1. The number of fused-ring (bicyclic) bond motifs is 1. The summed E-state index contributed by atoms with van der Waals surface area (Å²) in [7, 11) is 2.02. The van der Waals surface area contributed by atoms with Crippen LogP contribution < -0.4 is 10.1 Å². The molecule has 0 fully saturated rings. The van der Waals surface area contributed by atoms with Gasteiger partial charge in [0.05, 0.1) is 12.2 Å². The second kappa shape index (κ2) is 10.5. The molecular formula is C27H27N7O3. The predicted octanol–water partition coefficient (Wildman–Crippen LogP) is 5.73. The van der Waals surface area contributed by atoms with Crippen LogP contribution >= 0.6 is 0 Å². The first-order chi connectivity index (χ1) is 18.0. The van der Waals surface area contributed by atoms with Gasteiger partial charge in [-0.1, -0.05) is 23.2 Å². The van der Waals surface area contributed by atoms with Gasteiger partial charge in [0.15, 0.2) is 0 Å². The van der Waals surface area contributed by atoms with Crippen LogP contribution in [0.3, 0.4) is 0 Å². The van der Waals surface area contributed by atoms with E-state index in [1.54, 1.807) is 17.0 Å². The van der Waals surface area contributed by atoms with Crippen molar-refractivity contribution >= 4 is 22.5 Å². The molecule has 0 atom stereocenters. The zero-order valence-corrected chi connectivity index (χ0v) is 20.7. The molecule has 0 aliphatic carbocycles. The van der Waals surface area contributed by atoms with Gasteiger partial charge in [0.1, 0.15) is 18.1 Å². The van der Waals surface area contributed by atoms with E-state index in [-0.39, 0.29) is 5.95 Å². The van der Waals surface area contributed by atoms with E-state index >= 15 is 0 Å². The van der Waals surface area contributed by atoms with Crippen LogP contribution in [0.4, 0.5) is 11.6 Å². The van der Waals surface area contributed by atoms with Gasteiger partial charge in [-0.15, -0.1) is 0 Å². The number of nitro groups is 1. The molecule has 0 bridgehead atoms. The number of para-hydroxylation sites is 1. The van der Waals surface area contributed by atoms with Gasteiger partial charge >= 0.3 is 12.0 Å². The molecule has 1 N–H and O–H groups in total. The number of hydrogen-bond donors (Lipinski definition) is 1. The molecule has 5 aromatic rings. The number of ether oxygens (including phenoxy) is 1. The number of rotatable bonds is 10. The Balaban J connectivity index is 1.19. The van der Waals surface area contributed by atoms with E-state index in [9.17, 15) is 10.1 Å². The van der Waals surface area contributed by atoms with Crippen molar-refractivity contribution in [3.05, 3.63) is 89.0 Å². The molecule has 0 aliphatic heterocycles. The van der Waals surface area contributed by atoms with Crippen LogP contribution in [0.2, 0.25) is 0 Å². The molecule has 2 aromatic carbocycles. The van der Waals surface area contributed by atoms with E-state index in [1.165, 1.54) is 6.20 Å². The van der Waals surface area contributed by atoms with Gasteiger partial charge < -0.3 is 24.7 Å². The molecule has 188 valence electrons. The molecule has 5 rings (SSSR count). The quantitative estimate of drug-likeness (QED) is 0.149. The second-order valence-electron chi connectivity index (χ2n) is 8.79. The third-order valence-electron chi connectivity index (χ3n) is 6.21. The summed E-state index contributed by atoms with van der Waals surface area (Å²) in [5.74, 6) is 0.538. The van der Waals surface area contributed by atoms with E-state index in [1.807, 2.05) is 50.4 Å². The fraction of sp³-hybridized carbons (Fsp3) is 0.222. The Kier molecular flexibility index (Phi) is 6.80. The molecule has 10 heteroatoms. The Morgan fingerprint density at radius 3 is 2.78 bits per heavy atom. The van der Waals surface area contributed by atoms with E-state index in [2.05, 4.69) is 43.2 Å². The normalized spacial score (nSPS) is 11.1. The summed E-state index contributed by atoms with van der Waals surface area (Å²) in [5, 5.41) is 15.5. The highest BCUT2D eigenvalue weighted by Crippen LogP contribution is 2.30. The van der Waals surface area contributed by atoms with E-state index in [0.29, 0.717) is 18.3 Å². The number of anilines is 1. The van der Waals surface area contributed by atoms with Crippen LogP contribution in [0, 0.1) is 17.0 Å². The highest BCUT2D eigenvalue weighted by Gasteiger charge is 2.13. The maximum atomic E-state index is 11.0. The van der Waals surface area contributed by atoms with Crippen molar-refractivity contribution in [2.24, 2.45) is 7.05 Å². The monoisotopic (exact) mass is 497 g/mol. The number of nitrogens with zero attached hydrogens (tertiary/aromatic N) is 6. The smallest absolute Gasteiger partial charge is 0.424 e. The van der Waals surface area contributed by atoms with Crippen molar-refractivity contribution in [2.45, 2.75) is 26.3 Å². The van der Waals surface area contributed by atoms with Crippen LogP contribution in [0.25, 0.3) is 22.2 Å². The van der Waals surface area contributed by atoms with Crippen LogP contribution in [-0.2, 0) is 13.6 Å². The summed E-state index contributed by atoms with van der Waals surface area (Å²) in [6.45, 7) is 3.32. The number of aryl methyl sites for hydroxylation is 3. The molecule has 0 spiro atoms. The van der Waals surface area contributed by atoms with E-state index in [0.717, 1.165) is 52.8 Å². The molecular weight excluding hydrogens is 470 g/mol. The summed E-state index contributed by atoms with van der Waals surface area (Å²) < 4.78 is 9.64. The molecule has 0 radical (unpaired) electrons. The first-order valence-electron chi connectivity index (χ1n) is 12.0. The van der Waals surface area contributed by atoms with Crippen molar-refractivity contribution in [2.75, 3.05) is 11.9 Å². The largest absolute Gasteiger partial charge is 0.434 e. The average Bonchev–Trinajstić information content (AvgIpc) is 3.50. The van der Waals surface area contributed by atoms with Crippen molar-refractivity contribution in [3.8, 4) is 23.0 Å². The Labute approximate surface area is 213 Å². The molecule has 0 saturated heterocycles. The SMILES string of the molecule is Cc1cc(Oc2nccc(-c3cn(C)c4ccccc34)n2)ccc1NCCCCn1ccnc1[N+](=O)[O-]. The summed E-state index contributed by atoms with van der Waals surface area (Å²) in [6, 6.07) is 16.2.